The van der Waals surface area contributed by atoms with Crippen LogP contribution in [-0.2, 0) is 6.54 Å². The lowest BCUT2D eigenvalue weighted by atomic mass is 9.81. The van der Waals surface area contributed by atoms with Crippen molar-refractivity contribution in [3.05, 3.63) is 54.0 Å². The third-order valence-corrected chi connectivity index (χ3v) is 5.91. The molecule has 2 unspecified atom stereocenters. The number of fused-ring (bicyclic) bond motifs is 2. The van der Waals surface area contributed by atoms with E-state index in [1.54, 1.807) is 6.26 Å². The molecule has 2 atom stereocenters. The van der Waals surface area contributed by atoms with Crippen molar-refractivity contribution >= 4 is 23.0 Å². The second-order valence-corrected chi connectivity index (χ2v) is 8.03. The molecule has 2 saturated heterocycles. The molecular formula is C21H27N3OS. The number of hydrogen-bond acceptors (Lipinski definition) is 3. The number of piperidine rings is 2. The molecule has 2 fully saturated rings. The van der Waals surface area contributed by atoms with Crippen molar-refractivity contribution in [2.45, 2.75) is 63.7 Å². The fourth-order valence-electron chi connectivity index (χ4n) is 4.43. The molecule has 138 valence electrons. The first-order valence-electron chi connectivity index (χ1n) is 9.60. The molecule has 2 bridgehead atoms. The van der Waals surface area contributed by atoms with Crippen molar-refractivity contribution < 1.29 is 4.42 Å². The van der Waals surface area contributed by atoms with E-state index in [9.17, 15) is 0 Å². The number of benzene rings is 1. The van der Waals surface area contributed by atoms with E-state index in [1.807, 2.05) is 6.07 Å². The Morgan fingerprint density at radius 2 is 1.88 bits per heavy atom. The minimum absolute atomic E-state index is 0.448. The molecule has 2 N–H and O–H groups in total. The average molecular weight is 370 g/mol. The van der Waals surface area contributed by atoms with E-state index in [4.69, 9.17) is 16.6 Å². The van der Waals surface area contributed by atoms with Gasteiger partial charge in [0.15, 0.2) is 5.11 Å². The molecule has 0 radical (unpaired) electrons. The predicted molar refractivity (Wildman–Crippen MR) is 109 cm³/mol. The summed E-state index contributed by atoms with van der Waals surface area (Å²) in [5.74, 6) is 1.07. The van der Waals surface area contributed by atoms with Gasteiger partial charge in [0.1, 0.15) is 5.76 Å². The van der Waals surface area contributed by atoms with Crippen LogP contribution in [0.4, 0.5) is 5.69 Å². The SMILES string of the molecule is Cc1ccc(NC(=S)NC2CC3CCCC(C2)N3Cc2ccco2)cc1. The number of thiocarbonyl (C=S) groups is 1. The van der Waals surface area contributed by atoms with Crippen molar-refractivity contribution in [2.75, 3.05) is 5.32 Å². The Bertz CT molecular complexity index is 714. The highest BCUT2D eigenvalue weighted by molar-refractivity contribution is 7.80. The first kappa shape index (κ1) is 17.6. The highest BCUT2D eigenvalue weighted by atomic mass is 32.1. The van der Waals surface area contributed by atoms with Crippen LogP contribution in [0.1, 0.15) is 43.4 Å². The van der Waals surface area contributed by atoms with Gasteiger partial charge in [0.25, 0.3) is 0 Å². The predicted octanol–water partition coefficient (Wildman–Crippen LogP) is 4.46. The smallest absolute Gasteiger partial charge is 0.170 e. The summed E-state index contributed by atoms with van der Waals surface area (Å²) in [6.07, 6.45) is 7.94. The van der Waals surface area contributed by atoms with Crippen molar-refractivity contribution in [3.8, 4) is 0 Å². The van der Waals surface area contributed by atoms with E-state index in [-0.39, 0.29) is 0 Å². The van der Waals surface area contributed by atoms with Gasteiger partial charge in [-0.2, -0.15) is 0 Å². The van der Waals surface area contributed by atoms with Gasteiger partial charge in [0.05, 0.1) is 12.8 Å². The summed E-state index contributed by atoms with van der Waals surface area (Å²) in [5, 5.41) is 7.61. The van der Waals surface area contributed by atoms with Crippen LogP contribution < -0.4 is 10.6 Å². The molecule has 5 heteroatoms. The first-order valence-corrected chi connectivity index (χ1v) is 10.0. The van der Waals surface area contributed by atoms with E-state index < -0.39 is 0 Å². The van der Waals surface area contributed by atoms with E-state index in [0.717, 1.165) is 35.9 Å². The van der Waals surface area contributed by atoms with E-state index in [2.05, 4.69) is 52.8 Å². The van der Waals surface area contributed by atoms with Crippen LogP contribution in [0.15, 0.2) is 47.1 Å². The average Bonchev–Trinajstić information content (AvgIpc) is 3.11. The summed E-state index contributed by atoms with van der Waals surface area (Å²) in [6.45, 7) is 3.02. The van der Waals surface area contributed by atoms with Crippen molar-refractivity contribution in [1.29, 1.82) is 0 Å². The van der Waals surface area contributed by atoms with Gasteiger partial charge in [-0.15, -0.1) is 0 Å². The summed E-state index contributed by atoms with van der Waals surface area (Å²) < 4.78 is 5.58. The van der Waals surface area contributed by atoms with Gasteiger partial charge in [-0.3, -0.25) is 4.90 Å². The number of nitrogens with zero attached hydrogens (tertiary/aromatic N) is 1. The van der Waals surface area contributed by atoms with Gasteiger partial charge in [-0.25, -0.2) is 0 Å². The molecule has 2 aliphatic heterocycles. The van der Waals surface area contributed by atoms with E-state index >= 15 is 0 Å². The van der Waals surface area contributed by atoms with Crippen molar-refractivity contribution in [3.63, 3.8) is 0 Å². The topological polar surface area (TPSA) is 40.4 Å². The minimum Gasteiger partial charge on any atom is -0.468 e. The largest absolute Gasteiger partial charge is 0.468 e. The zero-order valence-corrected chi connectivity index (χ0v) is 16.1. The number of aryl methyl sites for hydroxylation is 1. The number of hydrogen-bond donors (Lipinski definition) is 2. The maximum absolute atomic E-state index is 5.58. The number of furan rings is 1. The quantitative estimate of drug-likeness (QED) is 0.779. The summed E-state index contributed by atoms with van der Waals surface area (Å²) in [5.41, 5.74) is 2.30. The maximum Gasteiger partial charge on any atom is 0.170 e. The zero-order chi connectivity index (χ0) is 17.9. The van der Waals surface area contributed by atoms with Crippen LogP contribution >= 0.6 is 12.2 Å². The number of rotatable bonds is 4. The molecule has 0 spiro atoms. The standard InChI is InChI=1S/C21H27N3OS/c1-15-7-9-16(10-8-15)22-21(26)23-17-12-18-4-2-5-19(13-17)24(18)14-20-6-3-11-25-20/h3,6-11,17-19H,2,4-5,12-14H2,1H3,(H2,22,23,26). The molecule has 0 aliphatic carbocycles. The Labute approximate surface area is 161 Å². The van der Waals surface area contributed by atoms with Gasteiger partial charge < -0.3 is 15.1 Å². The van der Waals surface area contributed by atoms with E-state index in [1.165, 1.54) is 24.8 Å². The fourth-order valence-corrected chi connectivity index (χ4v) is 4.71. The van der Waals surface area contributed by atoms with Crippen LogP contribution in [0.5, 0.6) is 0 Å². The third kappa shape index (κ3) is 4.10. The lowest BCUT2D eigenvalue weighted by molar-refractivity contribution is 0.0161. The Kier molecular flexibility index (Phi) is 5.27. The maximum atomic E-state index is 5.58. The second kappa shape index (κ2) is 7.80. The Morgan fingerprint density at radius 3 is 2.54 bits per heavy atom. The molecule has 4 rings (SSSR count). The molecule has 26 heavy (non-hydrogen) atoms. The molecule has 1 aromatic heterocycles. The minimum atomic E-state index is 0.448. The highest BCUT2D eigenvalue weighted by Crippen LogP contribution is 2.35. The van der Waals surface area contributed by atoms with Crippen LogP contribution in [0, 0.1) is 6.92 Å². The monoisotopic (exact) mass is 369 g/mol. The molecule has 2 aromatic rings. The second-order valence-electron chi connectivity index (χ2n) is 7.62. The summed E-state index contributed by atoms with van der Waals surface area (Å²) in [7, 11) is 0. The summed E-state index contributed by atoms with van der Waals surface area (Å²) >= 11 is 5.55. The molecule has 4 nitrogen and oxygen atoms in total. The Morgan fingerprint density at radius 1 is 1.15 bits per heavy atom. The van der Waals surface area contributed by atoms with E-state index in [0.29, 0.717) is 18.1 Å². The Hall–Kier alpha value is -1.85. The van der Waals surface area contributed by atoms with Gasteiger partial charge >= 0.3 is 0 Å². The number of anilines is 1. The van der Waals surface area contributed by atoms with Crippen LogP contribution in [-0.4, -0.2) is 28.1 Å². The van der Waals surface area contributed by atoms with Gasteiger partial charge in [-0.1, -0.05) is 24.1 Å². The zero-order valence-electron chi connectivity index (χ0n) is 15.3. The third-order valence-electron chi connectivity index (χ3n) is 5.69. The first-order chi connectivity index (χ1) is 12.7. The highest BCUT2D eigenvalue weighted by Gasteiger charge is 2.38. The van der Waals surface area contributed by atoms with Crippen molar-refractivity contribution in [2.24, 2.45) is 0 Å². The van der Waals surface area contributed by atoms with Crippen LogP contribution in [0.2, 0.25) is 0 Å². The molecule has 1 aromatic carbocycles. The summed E-state index contributed by atoms with van der Waals surface area (Å²) in [6, 6.07) is 14.1. The van der Waals surface area contributed by atoms with Gasteiger partial charge in [-0.05, 0) is 69.1 Å². The molecule has 0 saturated carbocycles. The van der Waals surface area contributed by atoms with Crippen molar-refractivity contribution in [1.82, 2.24) is 10.2 Å². The molecule has 3 heterocycles. The van der Waals surface area contributed by atoms with Gasteiger partial charge in [0, 0.05) is 23.8 Å². The van der Waals surface area contributed by atoms with Gasteiger partial charge in [0.2, 0.25) is 0 Å². The molecule has 0 amide bonds. The summed E-state index contributed by atoms with van der Waals surface area (Å²) in [4.78, 5) is 2.65. The lowest BCUT2D eigenvalue weighted by Gasteiger charge is -2.48. The normalized spacial score (nSPS) is 25.7. The molecule has 2 aliphatic rings. The fraction of sp³-hybridized carbons (Fsp3) is 0.476. The lowest BCUT2D eigenvalue weighted by Crippen LogP contribution is -2.56. The number of nitrogens with one attached hydrogen (secondary N) is 2. The Balaban J connectivity index is 1.34. The van der Waals surface area contributed by atoms with Crippen LogP contribution in [0.25, 0.3) is 0 Å². The van der Waals surface area contributed by atoms with Crippen LogP contribution in [0.3, 0.4) is 0 Å². The molecular weight excluding hydrogens is 342 g/mol.